The summed E-state index contributed by atoms with van der Waals surface area (Å²) in [6.45, 7) is 0. The summed E-state index contributed by atoms with van der Waals surface area (Å²) in [5, 5.41) is 7.46. The summed E-state index contributed by atoms with van der Waals surface area (Å²) in [7, 11) is 0. The number of carbonyl (C=O) groups excluding carboxylic acids is 1. The lowest BCUT2D eigenvalue weighted by Gasteiger charge is -2.30. The number of nitrogens with one attached hydrogen (secondary N) is 2. The van der Waals surface area contributed by atoms with Crippen LogP contribution in [0.25, 0.3) is 10.9 Å². The number of aromatic nitrogens is 1. The molecule has 2 aromatic carbocycles. The van der Waals surface area contributed by atoms with Crippen LogP contribution in [-0.4, -0.2) is 23.0 Å². The Morgan fingerprint density at radius 1 is 0.897 bits per heavy atom. The highest BCUT2D eigenvalue weighted by molar-refractivity contribution is 5.94. The summed E-state index contributed by atoms with van der Waals surface area (Å²) in [5.74, 6) is -1.09. The largest absolute Gasteiger partial charge is 0.367 e. The molecule has 0 spiro atoms. The predicted molar refractivity (Wildman–Crippen MR) is 112 cm³/mol. The molecule has 1 aliphatic rings. The van der Waals surface area contributed by atoms with Crippen molar-refractivity contribution in [2.75, 3.05) is 5.32 Å². The lowest BCUT2D eigenvalue weighted by Crippen LogP contribution is -2.40. The third kappa shape index (κ3) is 5.21. The van der Waals surface area contributed by atoms with Crippen LogP contribution >= 0.6 is 12.4 Å². The molecule has 4 nitrogen and oxygen atoms in total. The fraction of sp³-hybridized carbons (Fsp3) is 0.273. The van der Waals surface area contributed by atoms with Gasteiger partial charge in [0.1, 0.15) is 17.5 Å². The van der Waals surface area contributed by atoms with Gasteiger partial charge in [-0.1, -0.05) is 18.2 Å². The van der Waals surface area contributed by atoms with E-state index in [4.69, 9.17) is 0 Å². The highest BCUT2D eigenvalue weighted by Gasteiger charge is 2.23. The van der Waals surface area contributed by atoms with Crippen LogP contribution in [0.3, 0.4) is 0 Å². The average molecular weight is 418 g/mol. The van der Waals surface area contributed by atoms with Crippen LogP contribution in [-0.2, 0) is 0 Å². The number of anilines is 1. The predicted octanol–water partition coefficient (Wildman–Crippen LogP) is 5.09. The third-order valence-electron chi connectivity index (χ3n) is 5.14. The van der Waals surface area contributed by atoms with Gasteiger partial charge in [0.25, 0.3) is 5.91 Å². The van der Waals surface area contributed by atoms with E-state index in [2.05, 4.69) is 21.7 Å². The monoisotopic (exact) mass is 417 g/mol. The number of pyridine rings is 1. The molecule has 29 heavy (non-hydrogen) atoms. The molecular weight excluding hydrogens is 396 g/mol. The maximum atomic E-state index is 13.3. The molecule has 1 saturated carbocycles. The van der Waals surface area contributed by atoms with Gasteiger partial charge in [0.05, 0.1) is 5.52 Å². The normalized spacial score (nSPS) is 18.7. The lowest BCUT2D eigenvalue weighted by atomic mass is 9.91. The Bertz CT molecular complexity index is 986. The number of fused-ring (bicyclic) bond motifs is 1. The van der Waals surface area contributed by atoms with Crippen molar-refractivity contribution in [2.24, 2.45) is 0 Å². The smallest absolute Gasteiger partial charge is 0.251 e. The Labute approximate surface area is 174 Å². The minimum absolute atomic E-state index is 0. The molecule has 1 amide bonds. The minimum Gasteiger partial charge on any atom is -0.367 e. The Hall–Kier alpha value is -2.73. The third-order valence-corrected chi connectivity index (χ3v) is 5.14. The summed E-state index contributed by atoms with van der Waals surface area (Å²) >= 11 is 0. The maximum absolute atomic E-state index is 13.3. The Morgan fingerprint density at radius 2 is 1.55 bits per heavy atom. The number of hydrogen-bond donors (Lipinski definition) is 2. The van der Waals surface area contributed by atoms with Crippen LogP contribution in [0.15, 0.2) is 54.6 Å². The van der Waals surface area contributed by atoms with Gasteiger partial charge >= 0.3 is 0 Å². The number of nitrogens with zero attached hydrogens (tertiary/aromatic N) is 1. The van der Waals surface area contributed by atoms with Gasteiger partial charge < -0.3 is 10.6 Å². The molecule has 1 aromatic heterocycles. The van der Waals surface area contributed by atoms with E-state index < -0.39 is 17.5 Å². The number of halogens is 3. The first kappa shape index (κ1) is 21.0. The van der Waals surface area contributed by atoms with Gasteiger partial charge in [0.15, 0.2) is 0 Å². The minimum atomic E-state index is -0.749. The molecule has 1 fully saturated rings. The Morgan fingerprint density at radius 3 is 2.28 bits per heavy atom. The Balaban J connectivity index is 0.00000240. The number of hydrogen-bond acceptors (Lipinski definition) is 3. The van der Waals surface area contributed by atoms with Crippen LogP contribution in [0.5, 0.6) is 0 Å². The second-order valence-electron chi connectivity index (χ2n) is 7.21. The number of benzene rings is 2. The van der Waals surface area contributed by atoms with E-state index in [1.807, 2.05) is 30.3 Å². The molecular formula is C22H22ClF2N3O. The second-order valence-corrected chi connectivity index (χ2v) is 7.21. The first-order chi connectivity index (χ1) is 13.6. The van der Waals surface area contributed by atoms with E-state index in [1.54, 1.807) is 0 Å². The van der Waals surface area contributed by atoms with Crippen molar-refractivity contribution in [3.05, 3.63) is 71.8 Å². The fourth-order valence-corrected chi connectivity index (χ4v) is 3.69. The van der Waals surface area contributed by atoms with Crippen LogP contribution in [0.1, 0.15) is 36.0 Å². The molecule has 3 aromatic rings. The molecule has 0 unspecified atom stereocenters. The van der Waals surface area contributed by atoms with Gasteiger partial charge in [0, 0.05) is 29.1 Å². The maximum Gasteiger partial charge on any atom is 0.251 e. The van der Waals surface area contributed by atoms with Crippen molar-refractivity contribution in [2.45, 2.75) is 37.8 Å². The lowest BCUT2D eigenvalue weighted by molar-refractivity contribution is 0.0925. The number of rotatable bonds is 4. The van der Waals surface area contributed by atoms with E-state index in [0.717, 1.165) is 60.6 Å². The quantitative estimate of drug-likeness (QED) is 0.621. The number of carbonyl (C=O) groups is 1. The molecule has 0 saturated heterocycles. The van der Waals surface area contributed by atoms with Crippen LogP contribution in [0.2, 0.25) is 0 Å². The molecule has 0 radical (unpaired) electrons. The molecule has 0 aliphatic heterocycles. The van der Waals surface area contributed by atoms with E-state index in [9.17, 15) is 13.6 Å². The Kier molecular flexibility index (Phi) is 6.64. The molecule has 2 N–H and O–H groups in total. The van der Waals surface area contributed by atoms with Gasteiger partial charge in [-0.15, -0.1) is 12.4 Å². The first-order valence-corrected chi connectivity index (χ1v) is 9.46. The summed E-state index contributed by atoms with van der Waals surface area (Å²) in [4.78, 5) is 16.9. The molecule has 1 heterocycles. The van der Waals surface area contributed by atoms with Crippen LogP contribution < -0.4 is 10.6 Å². The topological polar surface area (TPSA) is 54.0 Å². The molecule has 7 heteroatoms. The van der Waals surface area contributed by atoms with E-state index in [1.165, 1.54) is 0 Å². The molecule has 152 valence electrons. The van der Waals surface area contributed by atoms with Gasteiger partial charge in [0.2, 0.25) is 0 Å². The zero-order valence-electron chi connectivity index (χ0n) is 15.7. The van der Waals surface area contributed by atoms with Gasteiger partial charge in [-0.2, -0.15) is 0 Å². The van der Waals surface area contributed by atoms with Gasteiger partial charge in [-0.05, 0) is 56.0 Å². The molecule has 0 atom stereocenters. The number of para-hydroxylation sites is 1. The summed E-state index contributed by atoms with van der Waals surface area (Å²) in [6.07, 6.45) is 3.37. The first-order valence-electron chi connectivity index (χ1n) is 9.46. The molecule has 4 rings (SSSR count). The zero-order chi connectivity index (χ0) is 19.5. The molecule has 1 aliphatic carbocycles. The summed E-state index contributed by atoms with van der Waals surface area (Å²) < 4.78 is 26.6. The van der Waals surface area contributed by atoms with E-state index in [0.29, 0.717) is 0 Å². The summed E-state index contributed by atoms with van der Waals surface area (Å²) in [6, 6.07) is 15.2. The average Bonchev–Trinajstić information content (AvgIpc) is 2.68. The van der Waals surface area contributed by atoms with Gasteiger partial charge in [-0.3, -0.25) is 4.79 Å². The second kappa shape index (κ2) is 9.18. The standard InChI is InChI=1S/C22H21F2N3O.ClH/c23-16-11-15(12-17(24)13-16)22(28)26-19-8-6-18(7-9-19)25-21-10-5-14-3-1-2-4-20(14)27-21;/h1-5,10-13,18-19H,6-9H2,(H,25,27)(H,26,28);1H/t18-,19+;. The van der Waals surface area contributed by atoms with Gasteiger partial charge in [-0.25, -0.2) is 13.8 Å². The number of amides is 1. The highest BCUT2D eigenvalue weighted by atomic mass is 35.5. The molecule has 0 bridgehead atoms. The van der Waals surface area contributed by atoms with E-state index in [-0.39, 0.29) is 30.1 Å². The van der Waals surface area contributed by atoms with Crippen molar-refractivity contribution < 1.29 is 13.6 Å². The fourth-order valence-electron chi connectivity index (χ4n) is 3.69. The van der Waals surface area contributed by atoms with Crippen molar-refractivity contribution >= 4 is 35.0 Å². The van der Waals surface area contributed by atoms with Crippen LogP contribution in [0, 0.1) is 11.6 Å². The van der Waals surface area contributed by atoms with E-state index >= 15 is 0 Å². The van der Waals surface area contributed by atoms with Crippen LogP contribution in [0.4, 0.5) is 14.6 Å². The van der Waals surface area contributed by atoms with Crippen molar-refractivity contribution in [1.82, 2.24) is 10.3 Å². The van der Waals surface area contributed by atoms with Crippen molar-refractivity contribution in [3.8, 4) is 0 Å². The summed E-state index contributed by atoms with van der Waals surface area (Å²) in [5.41, 5.74) is 0.967. The van der Waals surface area contributed by atoms with Crippen molar-refractivity contribution in [3.63, 3.8) is 0 Å². The van der Waals surface area contributed by atoms with Crippen molar-refractivity contribution in [1.29, 1.82) is 0 Å². The SMILES string of the molecule is Cl.O=C(N[C@H]1CC[C@@H](Nc2ccc3ccccc3n2)CC1)c1cc(F)cc(F)c1. The zero-order valence-corrected chi connectivity index (χ0v) is 16.5. The highest BCUT2D eigenvalue weighted by Crippen LogP contribution is 2.23.